The molecule has 0 saturated carbocycles. The molecule has 0 fully saturated rings. The van der Waals surface area contributed by atoms with Crippen molar-refractivity contribution in [3.05, 3.63) is 34.6 Å². The lowest BCUT2D eigenvalue weighted by Gasteiger charge is -2.06. The van der Waals surface area contributed by atoms with Gasteiger partial charge in [-0.25, -0.2) is 4.39 Å². The third-order valence-electron chi connectivity index (χ3n) is 2.28. The molecule has 2 heteroatoms. The molecule has 1 nitrogen and oxygen atoms in total. The van der Waals surface area contributed by atoms with Crippen molar-refractivity contribution in [1.29, 1.82) is 0 Å². The van der Waals surface area contributed by atoms with Gasteiger partial charge in [0.15, 0.2) is 5.78 Å². The summed E-state index contributed by atoms with van der Waals surface area (Å²) in [4.78, 5) is 11.6. The van der Waals surface area contributed by atoms with E-state index in [9.17, 15) is 9.18 Å². The summed E-state index contributed by atoms with van der Waals surface area (Å²) in [5.74, 6) is -0.136. The molecular formula is C12H15FO. The fourth-order valence-corrected chi connectivity index (χ4v) is 1.44. The van der Waals surface area contributed by atoms with Crippen molar-refractivity contribution >= 4 is 5.78 Å². The van der Waals surface area contributed by atoms with Crippen LogP contribution in [0, 0.1) is 19.7 Å². The predicted octanol–water partition coefficient (Wildman–Crippen LogP) is 3.43. The third-order valence-corrected chi connectivity index (χ3v) is 2.28. The van der Waals surface area contributed by atoms with Crippen molar-refractivity contribution in [3.8, 4) is 0 Å². The summed E-state index contributed by atoms with van der Waals surface area (Å²) in [5, 5.41) is 0. The molecule has 0 aliphatic heterocycles. The predicted molar refractivity (Wildman–Crippen MR) is 55.1 cm³/mol. The highest BCUT2D eigenvalue weighted by molar-refractivity contribution is 5.97. The molecule has 0 N–H and O–H groups in total. The Morgan fingerprint density at radius 3 is 2.50 bits per heavy atom. The summed E-state index contributed by atoms with van der Waals surface area (Å²) >= 11 is 0. The maximum Gasteiger partial charge on any atom is 0.163 e. The van der Waals surface area contributed by atoms with Crippen LogP contribution < -0.4 is 0 Å². The highest BCUT2D eigenvalue weighted by atomic mass is 19.1. The molecule has 1 rings (SSSR count). The number of ketones is 1. The largest absolute Gasteiger partial charge is 0.294 e. The van der Waals surface area contributed by atoms with Crippen LogP contribution in [0.1, 0.15) is 41.3 Å². The quantitative estimate of drug-likeness (QED) is 0.674. The number of hydrogen-bond acceptors (Lipinski definition) is 1. The van der Waals surface area contributed by atoms with Crippen LogP contribution in [0.2, 0.25) is 0 Å². The first kappa shape index (κ1) is 10.9. The van der Waals surface area contributed by atoms with Gasteiger partial charge in [-0.2, -0.15) is 0 Å². The second-order valence-electron chi connectivity index (χ2n) is 3.59. The number of carbonyl (C=O) groups is 1. The Kier molecular flexibility index (Phi) is 3.39. The first-order valence-corrected chi connectivity index (χ1v) is 4.86. The molecule has 0 aliphatic rings. The van der Waals surface area contributed by atoms with Gasteiger partial charge in [0, 0.05) is 12.0 Å². The molecule has 0 saturated heterocycles. The summed E-state index contributed by atoms with van der Waals surface area (Å²) in [7, 11) is 0. The molecule has 0 amide bonds. The van der Waals surface area contributed by atoms with E-state index in [0.717, 1.165) is 12.0 Å². The first-order valence-electron chi connectivity index (χ1n) is 4.86. The number of aryl methyl sites for hydroxylation is 2. The van der Waals surface area contributed by atoms with Gasteiger partial charge in [0.1, 0.15) is 5.82 Å². The minimum atomic E-state index is -0.240. The van der Waals surface area contributed by atoms with Gasteiger partial charge in [-0.15, -0.1) is 0 Å². The molecule has 0 bridgehead atoms. The first-order chi connectivity index (χ1) is 6.56. The summed E-state index contributed by atoms with van der Waals surface area (Å²) in [6.45, 7) is 5.41. The fourth-order valence-electron chi connectivity index (χ4n) is 1.44. The Hall–Kier alpha value is -1.18. The van der Waals surface area contributed by atoms with E-state index in [1.165, 1.54) is 6.07 Å². The zero-order chi connectivity index (χ0) is 10.7. The number of rotatable bonds is 3. The maximum atomic E-state index is 13.1. The number of hydrogen-bond donors (Lipinski definition) is 0. The van der Waals surface area contributed by atoms with Crippen molar-refractivity contribution in [3.63, 3.8) is 0 Å². The van der Waals surface area contributed by atoms with Gasteiger partial charge in [-0.1, -0.05) is 6.92 Å². The van der Waals surface area contributed by atoms with Crippen LogP contribution in [0.5, 0.6) is 0 Å². The topological polar surface area (TPSA) is 17.1 Å². The van der Waals surface area contributed by atoms with Crippen molar-refractivity contribution in [1.82, 2.24) is 0 Å². The zero-order valence-electron chi connectivity index (χ0n) is 8.86. The van der Waals surface area contributed by atoms with Gasteiger partial charge < -0.3 is 0 Å². The molecule has 0 heterocycles. The van der Waals surface area contributed by atoms with E-state index < -0.39 is 0 Å². The van der Waals surface area contributed by atoms with E-state index in [4.69, 9.17) is 0 Å². The second-order valence-corrected chi connectivity index (χ2v) is 3.59. The van der Waals surface area contributed by atoms with Crippen molar-refractivity contribution < 1.29 is 9.18 Å². The second kappa shape index (κ2) is 4.36. The standard InChI is InChI=1S/C12H15FO/c1-4-5-12(14)10-6-9(3)11(13)7-8(10)2/h6-7H,4-5H2,1-3H3. The molecule has 0 aromatic heterocycles. The zero-order valence-corrected chi connectivity index (χ0v) is 8.86. The SMILES string of the molecule is CCCC(=O)c1cc(C)c(F)cc1C. The van der Waals surface area contributed by atoms with Crippen molar-refractivity contribution in [2.24, 2.45) is 0 Å². The Balaban J connectivity index is 3.09. The number of carbonyl (C=O) groups excluding carboxylic acids is 1. The summed E-state index contributed by atoms with van der Waals surface area (Å²) in [6.07, 6.45) is 1.36. The Morgan fingerprint density at radius 1 is 1.29 bits per heavy atom. The van der Waals surface area contributed by atoms with Crippen LogP contribution in [0.15, 0.2) is 12.1 Å². The number of Topliss-reactive ketones (excluding diaryl/α,β-unsaturated/α-hetero) is 1. The van der Waals surface area contributed by atoms with Crippen LogP contribution in [-0.2, 0) is 0 Å². The third kappa shape index (κ3) is 2.19. The Morgan fingerprint density at radius 2 is 1.93 bits per heavy atom. The maximum absolute atomic E-state index is 13.1. The van der Waals surface area contributed by atoms with E-state index in [1.54, 1.807) is 19.9 Å². The summed E-state index contributed by atoms with van der Waals surface area (Å²) < 4.78 is 13.1. The molecule has 0 unspecified atom stereocenters. The van der Waals surface area contributed by atoms with Crippen molar-refractivity contribution in [2.45, 2.75) is 33.6 Å². The summed E-state index contributed by atoms with van der Waals surface area (Å²) in [6, 6.07) is 3.07. The molecule has 0 aliphatic carbocycles. The fraction of sp³-hybridized carbons (Fsp3) is 0.417. The van der Waals surface area contributed by atoms with Crippen LogP contribution in [0.3, 0.4) is 0 Å². The van der Waals surface area contributed by atoms with Gasteiger partial charge in [0.05, 0.1) is 0 Å². The Bertz CT molecular complexity index is 356. The van der Waals surface area contributed by atoms with Crippen LogP contribution in [0.25, 0.3) is 0 Å². The lowest BCUT2D eigenvalue weighted by Crippen LogP contribution is -2.02. The molecule has 14 heavy (non-hydrogen) atoms. The van der Waals surface area contributed by atoms with Gasteiger partial charge in [0.2, 0.25) is 0 Å². The highest BCUT2D eigenvalue weighted by Gasteiger charge is 2.10. The average molecular weight is 194 g/mol. The number of halogens is 1. The average Bonchev–Trinajstić information content (AvgIpc) is 2.11. The monoisotopic (exact) mass is 194 g/mol. The van der Waals surface area contributed by atoms with Gasteiger partial charge in [0.25, 0.3) is 0 Å². The minimum absolute atomic E-state index is 0.105. The lowest BCUT2D eigenvalue weighted by molar-refractivity contribution is 0.0981. The van der Waals surface area contributed by atoms with E-state index in [0.29, 0.717) is 17.5 Å². The summed E-state index contributed by atoms with van der Waals surface area (Å²) in [5.41, 5.74) is 1.92. The molecule has 0 spiro atoms. The van der Waals surface area contributed by atoms with Crippen LogP contribution in [0.4, 0.5) is 4.39 Å². The lowest BCUT2D eigenvalue weighted by atomic mass is 9.99. The van der Waals surface area contributed by atoms with Crippen molar-refractivity contribution in [2.75, 3.05) is 0 Å². The number of benzene rings is 1. The molecular weight excluding hydrogens is 179 g/mol. The van der Waals surface area contributed by atoms with E-state index in [2.05, 4.69) is 0 Å². The smallest absolute Gasteiger partial charge is 0.163 e. The van der Waals surface area contributed by atoms with Crippen LogP contribution in [-0.4, -0.2) is 5.78 Å². The van der Waals surface area contributed by atoms with Gasteiger partial charge in [-0.3, -0.25) is 4.79 Å². The molecule has 1 aromatic rings. The van der Waals surface area contributed by atoms with E-state index in [-0.39, 0.29) is 11.6 Å². The molecule has 76 valence electrons. The molecule has 1 aromatic carbocycles. The van der Waals surface area contributed by atoms with Crippen LogP contribution >= 0.6 is 0 Å². The minimum Gasteiger partial charge on any atom is -0.294 e. The normalized spacial score (nSPS) is 10.3. The Labute approximate surface area is 83.9 Å². The van der Waals surface area contributed by atoms with Gasteiger partial charge >= 0.3 is 0 Å². The molecule has 0 radical (unpaired) electrons. The molecule has 0 atom stereocenters. The van der Waals surface area contributed by atoms with E-state index in [1.807, 2.05) is 6.92 Å². The highest BCUT2D eigenvalue weighted by Crippen LogP contribution is 2.16. The van der Waals surface area contributed by atoms with Gasteiger partial charge in [-0.05, 0) is 43.5 Å². The van der Waals surface area contributed by atoms with E-state index >= 15 is 0 Å².